The number of hydrogen-bond acceptors (Lipinski definition) is 8. The molecule has 2 aromatic heterocycles. The van der Waals surface area contributed by atoms with Crippen molar-refractivity contribution < 1.29 is 18.3 Å². The van der Waals surface area contributed by atoms with Crippen LogP contribution >= 0.6 is 0 Å². The fraction of sp³-hybridized carbons (Fsp3) is 0.364. The third-order valence-corrected chi connectivity index (χ3v) is 6.16. The summed E-state index contributed by atoms with van der Waals surface area (Å²) in [7, 11) is 0. The van der Waals surface area contributed by atoms with Gasteiger partial charge in [0.2, 0.25) is 5.91 Å². The van der Waals surface area contributed by atoms with Crippen molar-refractivity contribution in [2.75, 3.05) is 32.8 Å². The number of amides is 1. The highest BCUT2D eigenvalue weighted by atomic mass is 19.1. The number of hydrogen-bond donors (Lipinski definition) is 0. The van der Waals surface area contributed by atoms with Crippen molar-refractivity contribution in [3.63, 3.8) is 0 Å². The predicted octanol–water partition coefficient (Wildman–Crippen LogP) is 1.03. The lowest BCUT2D eigenvalue weighted by molar-refractivity contribution is -0.139. The van der Waals surface area contributed by atoms with Gasteiger partial charge in [-0.25, -0.2) is 8.78 Å². The Bertz CT molecular complexity index is 1230. The Balaban J connectivity index is 1.19. The van der Waals surface area contributed by atoms with Gasteiger partial charge in [0, 0.05) is 43.5 Å². The summed E-state index contributed by atoms with van der Waals surface area (Å²) in [6.07, 6.45) is 2.64. The zero-order chi connectivity index (χ0) is 23.7. The standard InChI is InChI=1S/C22H20F2N8O2/c23-19-7-20(24)18(5-14(19)8-25)21-11-30-3-4-31(10-17(30)12-34-21)22(33)6-15-1-2-16(9-26-15)32-13-27-28-29-32/h1-2,5,7,9,13,17,21H,3-4,6,10-12H2/t17-,21-/m0/s1. The van der Waals surface area contributed by atoms with Crippen LogP contribution in [0.15, 0.2) is 36.8 Å². The van der Waals surface area contributed by atoms with Crippen LogP contribution in [0.2, 0.25) is 0 Å². The first kappa shape index (κ1) is 22.0. The number of nitriles is 1. The summed E-state index contributed by atoms with van der Waals surface area (Å²) >= 11 is 0. The molecule has 0 bridgehead atoms. The number of morpholine rings is 1. The largest absolute Gasteiger partial charge is 0.370 e. The minimum absolute atomic E-state index is 0.0250. The number of fused-ring (bicyclic) bond motifs is 1. The molecule has 10 nitrogen and oxygen atoms in total. The molecule has 0 aliphatic carbocycles. The summed E-state index contributed by atoms with van der Waals surface area (Å²) in [4.78, 5) is 21.1. The van der Waals surface area contributed by atoms with Gasteiger partial charge in [-0.15, -0.1) is 5.10 Å². The van der Waals surface area contributed by atoms with Gasteiger partial charge in [0.25, 0.3) is 0 Å². The van der Waals surface area contributed by atoms with E-state index in [1.54, 1.807) is 29.3 Å². The second-order valence-corrected chi connectivity index (χ2v) is 8.21. The Morgan fingerprint density at radius 3 is 2.82 bits per heavy atom. The van der Waals surface area contributed by atoms with Gasteiger partial charge in [-0.05, 0) is 28.6 Å². The number of piperazine rings is 1. The molecule has 0 N–H and O–H groups in total. The van der Waals surface area contributed by atoms with Gasteiger partial charge in [0.1, 0.15) is 24.0 Å². The van der Waals surface area contributed by atoms with Gasteiger partial charge in [0.05, 0.1) is 42.6 Å². The number of benzene rings is 1. The molecule has 0 saturated carbocycles. The molecule has 2 atom stereocenters. The van der Waals surface area contributed by atoms with E-state index in [0.29, 0.717) is 44.2 Å². The van der Waals surface area contributed by atoms with E-state index in [9.17, 15) is 13.6 Å². The molecule has 1 amide bonds. The smallest absolute Gasteiger partial charge is 0.228 e. The van der Waals surface area contributed by atoms with Gasteiger partial charge >= 0.3 is 0 Å². The molecular formula is C22H20F2N8O2. The lowest BCUT2D eigenvalue weighted by atomic mass is 10.0. The molecule has 34 heavy (non-hydrogen) atoms. The van der Waals surface area contributed by atoms with E-state index in [1.807, 2.05) is 0 Å². The molecule has 2 fully saturated rings. The highest BCUT2D eigenvalue weighted by molar-refractivity contribution is 5.78. The fourth-order valence-electron chi connectivity index (χ4n) is 4.30. The number of carbonyl (C=O) groups is 1. The van der Waals surface area contributed by atoms with Gasteiger partial charge < -0.3 is 9.64 Å². The summed E-state index contributed by atoms with van der Waals surface area (Å²) < 4.78 is 35.3. The van der Waals surface area contributed by atoms with Crippen molar-refractivity contribution in [2.24, 2.45) is 0 Å². The zero-order valence-corrected chi connectivity index (χ0v) is 18.0. The first-order valence-corrected chi connectivity index (χ1v) is 10.7. The topological polar surface area (TPSA) is 113 Å². The molecule has 0 radical (unpaired) electrons. The van der Waals surface area contributed by atoms with Gasteiger partial charge in [-0.3, -0.25) is 14.7 Å². The van der Waals surface area contributed by atoms with E-state index in [0.717, 1.165) is 6.07 Å². The quantitative estimate of drug-likeness (QED) is 0.561. The maximum atomic E-state index is 14.3. The summed E-state index contributed by atoms with van der Waals surface area (Å²) in [6.45, 7) is 2.33. The van der Waals surface area contributed by atoms with Gasteiger partial charge in [-0.2, -0.15) is 9.94 Å². The van der Waals surface area contributed by atoms with E-state index in [4.69, 9.17) is 10.00 Å². The van der Waals surface area contributed by atoms with Crippen molar-refractivity contribution >= 4 is 5.91 Å². The summed E-state index contributed by atoms with van der Waals surface area (Å²) in [5, 5.41) is 20.0. The number of nitrogens with zero attached hydrogens (tertiary/aromatic N) is 8. The minimum atomic E-state index is -0.885. The highest BCUT2D eigenvalue weighted by Gasteiger charge is 2.36. The van der Waals surface area contributed by atoms with Crippen LogP contribution in [-0.2, 0) is 16.0 Å². The van der Waals surface area contributed by atoms with Crippen LogP contribution in [0.4, 0.5) is 8.78 Å². The normalized spacial score (nSPS) is 20.6. The molecule has 0 unspecified atom stereocenters. The number of rotatable bonds is 4. The van der Waals surface area contributed by atoms with Crippen LogP contribution in [0, 0.1) is 23.0 Å². The molecule has 2 aliphatic heterocycles. The summed E-state index contributed by atoms with van der Waals surface area (Å²) in [5.74, 6) is -1.65. The Morgan fingerprint density at radius 2 is 2.09 bits per heavy atom. The summed E-state index contributed by atoms with van der Waals surface area (Å²) in [5.41, 5.74) is 1.30. The Morgan fingerprint density at radius 1 is 1.21 bits per heavy atom. The molecule has 174 valence electrons. The fourth-order valence-corrected chi connectivity index (χ4v) is 4.30. The van der Waals surface area contributed by atoms with E-state index in [2.05, 4.69) is 25.4 Å². The van der Waals surface area contributed by atoms with E-state index < -0.39 is 17.7 Å². The second kappa shape index (κ2) is 9.20. The highest BCUT2D eigenvalue weighted by Crippen LogP contribution is 2.30. The monoisotopic (exact) mass is 466 g/mol. The van der Waals surface area contributed by atoms with Crippen molar-refractivity contribution in [2.45, 2.75) is 18.6 Å². The van der Waals surface area contributed by atoms with E-state index in [-0.39, 0.29) is 29.5 Å². The minimum Gasteiger partial charge on any atom is -0.370 e. The first-order chi connectivity index (χ1) is 16.5. The number of tetrazole rings is 1. The van der Waals surface area contributed by atoms with Gasteiger partial charge in [0.15, 0.2) is 0 Å². The molecule has 5 rings (SSSR count). The maximum absolute atomic E-state index is 14.3. The lowest BCUT2D eigenvalue weighted by Crippen LogP contribution is -2.59. The molecule has 1 aromatic carbocycles. The van der Waals surface area contributed by atoms with Crippen molar-refractivity contribution in [3.8, 4) is 11.8 Å². The molecule has 2 saturated heterocycles. The van der Waals surface area contributed by atoms with Crippen LogP contribution in [0.5, 0.6) is 0 Å². The van der Waals surface area contributed by atoms with Crippen LogP contribution < -0.4 is 0 Å². The van der Waals surface area contributed by atoms with Crippen LogP contribution in [0.3, 0.4) is 0 Å². The number of aromatic nitrogens is 5. The van der Waals surface area contributed by atoms with Crippen molar-refractivity contribution in [1.82, 2.24) is 35.0 Å². The van der Waals surface area contributed by atoms with Crippen molar-refractivity contribution in [1.29, 1.82) is 5.26 Å². The molecule has 12 heteroatoms. The third-order valence-electron chi connectivity index (χ3n) is 6.16. The molecular weight excluding hydrogens is 446 g/mol. The SMILES string of the molecule is N#Cc1cc([C@@H]2CN3CCN(C(=O)Cc4ccc(-n5cnnn5)cn4)C[C@H]3CO2)c(F)cc1F. The average molecular weight is 466 g/mol. The Hall–Kier alpha value is -3.82. The number of ether oxygens (including phenoxy) is 1. The Kier molecular flexibility index (Phi) is 5.95. The number of pyridine rings is 1. The Labute approximate surface area is 193 Å². The number of carbonyl (C=O) groups excluding carboxylic acids is 1. The van der Waals surface area contributed by atoms with Gasteiger partial charge in [-0.1, -0.05) is 0 Å². The first-order valence-electron chi connectivity index (χ1n) is 10.7. The third kappa shape index (κ3) is 4.35. The zero-order valence-electron chi connectivity index (χ0n) is 18.0. The second-order valence-electron chi connectivity index (χ2n) is 8.21. The molecule has 4 heterocycles. The number of halogens is 2. The van der Waals surface area contributed by atoms with Crippen LogP contribution in [0.25, 0.3) is 5.69 Å². The van der Waals surface area contributed by atoms with E-state index >= 15 is 0 Å². The van der Waals surface area contributed by atoms with Crippen LogP contribution in [0.1, 0.15) is 22.9 Å². The molecule has 0 spiro atoms. The van der Waals surface area contributed by atoms with E-state index in [1.165, 1.54) is 17.1 Å². The summed E-state index contributed by atoms with van der Waals surface area (Å²) in [6, 6.07) is 7.22. The average Bonchev–Trinajstić information content (AvgIpc) is 3.39. The molecule has 2 aliphatic rings. The maximum Gasteiger partial charge on any atom is 0.228 e. The molecule has 3 aromatic rings. The predicted molar refractivity (Wildman–Crippen MR) is 112 cm³/mol. The lowest BCUT2D eigenvalue weighted by Gasteiger charge is -2.46. The van der Waals surface area contributed by atoms with Crippen LogP contribution in [-0.4, -0.2) is 79.7 Å². The van der Waals surface area contributed by atoms with Crippen molar-refractivity contribution in [3.05, 3.63) is 65.2 Å².